The van der Waals surface area contributed by atoms with Crippen LogP contribution >= 0.6 is 15.9 Å². The topological polar surface area (TPSA) is 44.8 Å². The summed E-state index contributed by atoms with van der Waals surface area (Å²) in [6.45, 7) is 9.12. The number of ether oxygens (including phenoxy) is 3. The molecule has 1 atom stereocenters. The summed E-state index contributed by atoms with van der Waals surface area (Å²) in [5.41, 5.74) is 5.92. The molecular weight excluding hydrogens is 444 g/mol. The minimum Gasteiger partial charge on any atom is -0.491 e. The quantitative estimate of drug-likeness (QED) is 0.599. The Morgan fingerprint density at radius 2 is 1.90 bits per heavy atom. The fourth-order valence-electron chi connectivity index (χ4n) is 4.86. The van der Waals surface area contributed by atoms with E-state index in [4.69, 9.17) is 14.2 Å². The number of hydrogen-bond acceptors (Lipinski definition) is 4. The number of hydrogen-bond donors (Lipinski definition) is 0. The highest BCUT2D eigenvalue weighted by molar-refractivity contribution is 9.10. The van der Waals surface area contributed by atoms with Crippen LogP contribution in [-0.4, -0.2) is 30.9 Å². The van der Waals surface area contributed by atoms with E-state index < -0.39 is 5.79 Å². The molecule has 5 heteroatoms. The van der Waals surface area contributed by atoms with Gasteiger partial charge in [0.05, 0.1) is 6.61 Å². The first-order valence-corrected chi connectivity index (χ1v) is 11.1. The molecule has 0 spiro atoms. The largest absolute Gasteiger partial charge is 0.491 e. The number of carbonyl (C=O) groups is 1. The Morgan fingerprint density at radius 1 is 1.10 bits per heavy atom. The molecule has 0 radical (unpaired) electrons. The zero-order chi connectivity index (χ0) is 21.3. The van der Waals surface area contributed by atoms with Gasteiger partial charge in [0.15, 0.2) is 11.6 Å². The summed E-state index contributed by atoms with van der Waals surface area (Å²) in [5, 5.41) is 0. The molecule has 0 amide bonds. The maximum absolute atomic E-state index is 13.6. The van der Waals surface area contributed by atoms with Crippen LogP contribution in [-0.2, 0) is 21.3 Å². The summed E-state index contributed by atoms with van der Waals surface area (Å²) < 4.78 is 18.4. The lowest BCUT2D eigenvalue weighted by atomic mass is 9.68. The van der Waals surface area contributed by atoms with Gasteiger partial charge in [0.25, 0.3) is 0 Å². The predicted octanol–water partition coefficient (Wildman–Crippen LogP) is 5.46. The second-order valence-corrected chi connectivity index (χ2v) is 10.2. The monoisotopic (exact) mass is 468 g/mol. The molecule has 0 bridgehead atoms. The number of halogens is 1. The fourth-order valence-corrected chi connectivity index (χ4v) is 5.27. The van der Waals surface area contributed by atoms with Gasteiger partial charge in [-0.25, -0.2) is 0 Å². The maximum atomic E-state index is 13.6. The standard InChI is InChI=1S/C25H25BrO4/c1-24(2)20-8-6-16(28-12-17-13-29-25(3,4)30-17)11-19(20)23(27)22-18-7-5-15(26)9-14(18)10-21(22)24/h5-9,11,17H,10,12-13H2,1-4H3/t17-/m0/s1. The van der Waals surface area contributed by atoms with E-state index in [2.05, 4.69) is 41.9 Å². The normalized spacial score (nSPS) is 23.2. The summed E-state index contributed by atoms with van der Waals surface area (Å²) in [7, 11) is 0. The van der Waals surface area contributed by atoms with Gasteiger partial charge in [0.2, 0.25) is 0 Å². The number of ketones is 1. The van der Waals surface area contributed by atoms with Crippen molar-refractivity contribution in [3.63, 3.8) is 0 Å². The van der Waals surface area contributed by atoms with Crippen molar-refractivity contribution in [2.75, 3.05) is 13.2 Å². The van der Waals surface area contributed by atoms with E-state index in [0.717, 1.165) is 33.2 Å². The van der Waals surface area contributed by atoms with Gasteiger partial charge < -0.3 is 14.2 Å². The molecule has 30 heavy (non-hydrogen) atoms. The van der Waals surface area contributed by atoms with Crippen LogP contribution in [0.4, 0.5) is 0 Å². The lowest BCUT2D eigenvalue weighted by molar-refractivity contribution is -0.141. The highest BCUT2D eigenvalue weighted by atomic mass is 79.9. The molecule has 0 saturated carbocycles. The first-order valence-electron chi connectivity index (χ1n) is 10.3. The SMILES string of the molecule is CC1(C)OC[C@H](COc2ccc3c(c2)C(=O)C2=C(Cc4cc(Br)ccc42)C3(C)C)O1. The molecule has 4 nitrogen and oxygen atoms in total. The van der Waals surface area contributed by atoms with Gasteiger partial charge in [0.1, 0.15) is 18.5 Å². The van der Waals surface area contributed by atoms with E-state index in [1.165, 1.54) is 11.1 Å². The van der Waals surface area contributed by atoms with Gasteiger partial charge in [0, 0.05) is 21.0 Å². The number of fused-ring (bicyclic) bond motifs is 3. The molecule has 1 saturated heterocycles. The highest BCUT2D eigenvalue weighted by Gasteiger charge is 2.43. The van der Waals surface area contributed by atoms with Crippen LogP contribution in [0.3, 0.4) is 0 Å². The second-order valence-electron chi connectivity index (χ2n) is 9.26. The van der Waals surface area contributed by atoms with Gasteiger partial charge >= 0.3 is 0 Å². The van der Waals surface area contributed by atoms with E-state index in [0.29, 0.717) is 19.0 Å². The Kier molecular flexibility index (Phi) is 4.51. The van der Waals surface area contributed by atoms with Crippen molar-refractivity contribution in [2.24, 2.45) is 0 Å². The molecule has 0 N–H and O–H groups in total. The lowest BCUT2D eigenvalue weighted by Crippen LogP contribution is -2.30. The van der Waals surface area contributed by atoms with Crippen LogP contribution in [0.15, 0.2) is 46.4 Å². The second kappa shape index (κ2) is 6.78. The van der Waals surface area contributed by atoms with Crippen LogP contribution in [0.1, 0.15) is 54.7 Å². The number of rotatable bonds is 3. The molecule has 2 aliphatic carbocycles. The molecule has 0 aromatic heterocycles. The van der Waals surface area contributed by atoms with Crippen molar-refractivity contribution in [2.45, 2.75) is 51.4 Å². The van der Waals surface area contributed by atoms with Crippen LogP contribution in [0.2, 0.25) is 0 Å². The number of benzene rings is 2. The average Bonchev–Trinajstić information content (AvgIpc) is 3.24. The molecule has 156 valence electrons. The van der Waals surface area contributed by atoms with Crippen LogP contribution in [0.5, 0.6) is 5.75 Å². The molecule has 0 unspecified atom stereocenters. The molecule has 5 rings (SSSR count). The zero-order valence-electron chi connectivity index (χ0n) is 17.7. The van der Waals surface area contributed by atoms with Crippen molar-refractivity contribution in [3.05, 3.63) is 68.7 Å². The smallest absolute Gasteiger partial charge is 0.194 e. The molecule has 1 aliphatic heterocycles. The molecule has 3 aliphatic rings. The molecule has 1 fully saturated rings. The Morgan fingerprint density at radius 3 is 2.63 bits per heavy atom. The van der Waals surface area contributed by atoms with E-state index in [9.17, 15) is 4.79 Å². The molecule has 2 aromatic rings. The maximum Gasteiger partial charge on any atom is 0.194 e. The third-order valence-electron chi connectivity index (χ3n) is 6.40. The van der Waals surface area contributed by atoms with Crippen molar-refractivity contribution in [1.82, 2.24) is 0 Å². The summed E-state index contributed by atoms with van der Waals surface area (Å²) in [6.07, 6.45) is 0.702. The Hall–Kier alpha value is -1.95. The van der Waals surface area contributed by atoms with E-state index in [1.807, 2.05) is 38.1 Å². The van der Waals surface area contributed by atoms with Crippen LogP contribution in [0, 0.1) is 0 Å². The predicted molar refractivity (Wildman–Crippen MR) is 119 cm³/mol. The van der Waals surface area contributed by atoms with Crippen molar-refractivity contribution in [3.8, 4) is 5.75 Å². The number of Topliss-reactive ketones (excluding diaryl/α,β-unsaturated/α-hetero) is 1. The van der Waals surface area contributed by atoms with Crippen molar-refractivity contribution >= 4 is 27.3 Å². The van der Waals surface area contributed by atoms with Gasteiger partial charge in [-0.3, -0.25) is 4.79 Å². The molecule has 1 heterocycles. The third kappa shape index (κ3) is 3.15. The fraction of sp³-hybridized carbons (Fsp3) is 0.400. The minimum absolute atomic E-state index is 0.0902. The minimum atomic E-state index is -0.572. The first kappa shape index (κ1) is 20.0. The lowest BCUT2D eigenvalue weighted by Gasteiger charge is -2.34. The molecular formula is C25H25BrO4. The van der Waals surface area contributed by atoms with Crippen molar-refractivity contribution in [1.29, 1.82) is 0 Å². The summed E-state index contributed by atoms with van der Waals surface area (Å²) >= 11 is 3.56. The zero-order valence-corrected chi connectivity index (χ0v) is 19.3. The third-order valence-corrected chi connectivity index (χ3v) is 6.89. The van der Waals surface area contributed by atoms with Gasteiger partial charge in [-0.1, -0.05) is 41.9 Å². The van der Waals surface area contributed by atoms with E-state index in [1.54, 1.807) is 0 Å². The van der Waals surface area contributed by atoms with Gasteiger partial charge in [-0.15, -0.1) is 0 Å². The van der Waals surface area contributed by atoms with E-state index >= 15 is 0 Å². The highest BCUT2D eigenvalue weighted by Crippen LogP contribution is 2.50. The summed E-state index contributed by atoms with van der Waals surface area (Å²) in [4.78, 5) is 13.6. The Balaban J connectivity index is 1.46. The van der Waals surface area contributed by atoms with Crippen LogP contribution in [0.25, 0.3) is 5.57 Å². The number of carbonyl (C=O) groups excluding carboxylic acids is 1. The summed E-state index contributed by atoms with van der Waals surface area (Å²) in [5.74, 6) is 0.203. The van der Waals surface area contributed by atoms with E-state index in [-0.39, 0.29) is 17.3 Å². The summed E-state index contributed by atoms with van der Waals surface area (Å²) in [6, 6.07) is 12.1. The van der Waals surface area contributed by atoms with Gasteiger partial charge in [-0.05, 0) is 66.8 Å². The first-order chi connectivity index (χ1) is 14.2. The van der Waals surface area contributed by atoms with Crippen molar-refractivity contribution < 1.29 is 19.0 Å². The Labute approximate surface area is 185 Å². The van der Waals surface area contributed by atoms with Gasteiger partial charge in [-0.2, -0.15) is 0 Å². The Bertz CT molecular complexity index is 1100. The average molecular weight is 469 g/mol. The number of allylic oxidation sites excluding steroid dienone is 2. The van der Waals surface area contributed by atoms with Crippen LogP contribution < -0.4 is 4.74 Å². The molecule has 2 aromatic carbocycles.